The van der Waals surface area contributed by atoms with Crippen molar-refractivity contribution in [2.24, 2.45) is 0 Å². The van der Waals surface area contributed by atoms with Crippen molar-refractivity contribution in [3.05, 3.63) is 0 Å². The average Bonchev–Trinajstić information content (AvgIpc) is 2.83. The summed E-state index contributed by atoms with van der Waals surface area (Å²) in [4.78, 5) is 10.7. The molecule has 0 aromatic heterocycles. The van der Waals surface area contributed by atoms with Gasteiger partial charge in [0.15, 0.2) is 5.16 Å². The van der Waals surface area contributed by atoms with Crippen LogP contribution in [-0.4, -0.2) is 30.5 Å². The van der Waals surface area contributed by atoms with Crippen LogP contribution in [0.5, 0.6) is 0 Å². The van der Waals surface area contributed by atoms with Gasteiger partial charge in [0.05, 0.1) is 0 Å². The topological polar surface area (TPSA) is 72.8 Å². The van der Waals surface area contributed by atoms with E-state index in [1.165, 1.54) is 14.2 Å². The summed E-state index contributed by atoms with van der Waals surface area (Å²) in [7, 11) is -1.03. The lowest BCUT2D eigenvalue weighted by atomic mass is 10.4. The van der Waals surface area contributed by atoms with E-state index in [1.807, 2.05) is 0 Å². The van der Waals surface area contributed by atoms with E-state index in [2.05, 4.69) is 9.05 Å². The van der Waals surface area contributed by atoms with Gasteiger partial charge in [-0.1, -0.05) is 0 Å². The van der Waals surface area contributed by atoms with E-state index in [0.717, 1.165) is 0 Å². The van der Waals surface area contributed by atoms with Crippen LogP contribution < -0.4 is 0 Å². The van der Waals surface area contributed by atoms with Gasteiger partial charge in [-0.25, -0.2) is 0 Å². The zero-order valence-corrected chi connectivity index (χ0v) is 7.84. The summed E-state index contributed by atoms with van der Waals surface area (Å²) in [5.74, 6) is -1.10. The van der Waals surface area contributed by atoms with Crippen LogP contribution in [0, 0.1) is 0 Å². The van der Waals surface area contributed by atoms with E-state index in [4.69, 9.17) is 5.11 Å². The highest BCUT2D eigenvalue weighted by molar-refractivity contribution is 7.57. The highest BCUT2D eigenvalue weighted by atomic mass is 31.2. The summed E-state index contributed by atoms with van der Waals surface area (Å²) >= 11 is 0. The molecule has 12 heavy (non-hydrogen) atoms. The van der Waals surface area contributed by atoms with E-state index >= 15 is 0 Å². The molecule has 0 heterocycles. The molecule has 5 nitrogen and oxygen atoms in total. The monoisotopic (exact) mass is 194 g/mol. The van der Waals surface area contributed by atoms with Gasteiger partial charge in [-0.3, -0.25) is 9.36 Å². The molecule has 0 aliphatic heterocycles. The zero-order valence-electron chi connectivity index (χ0n) is 6.94. The van der Waals surface area contributed by atoms with Crippen molar-refractivity contribution in [1.29, 1.82) is 0 Å². The number of hydrogen-bond acceptors (Lipinski definition) is 4. The van der Waals surface area contributed by atoms with E-state index in [9.17, 15) is 9.36 Å². The SMILES string of the molecule is COP(=O)(OC)C1(C(=O)O)CC1. The van der Waals surface area contributed by atoms with Crippen LogP contribution >= 0.6 is 7.60 Å². The Balaban J connectivity index is 2.94. The van der Waals surface area contributed by atoms with Gasteiger partial charge in [0.25, 0.3) is 0 Å². The molecule has 0 unspecified atom stereocenters. The van der Waals surface area contributed by atoms with E-state index in [0.29, 0.717) is 12.8 Å². The molecular formula is C6H11O5P. The number of carbonyl (C=O) groups is 1. The van der Waals surface area contributed by atoms with Gasteiger partial charge in [0, 0.05) is 14.2 Å². The fraction of sp³-hybridized carbons (Fsp3) is 0.833. The third-order valence-electron chi connectivity index (χ3n) is 2.13. The van der Waals surface area contributed by atoms with Crippen LogP contribution in [0.15, 0.2) is 0 Å². The second kappa shape index (κ2) is 2.83. The fourth-order valence-corrected chi connectivity index (χ4v) is 2.89. The molecule has 1 rings (SSSR count). The lowest BCUT2D eigenvalue weighted by Gasteiger charge is -2.19. The van der Waals surface area contributed by atoms with Crippen molar-refractivity contribution in [3.63, 3.8) is 0 Å². The number of carboxylic acids is 1. The maximum absolute atomic E-state index is 11.7. The van der Waals surface area contributed by atoms with E-state index in [1.54, 1.807) is 0 Å². The second-order valence-electron chi connectivity index (χ2n) is 2.70. The van der Waals surface area contributed by atoms with Gasteiger partial charge in [-0.05, 0) is 12.8 Å². The number of rotatable bonds is 4. The first-order valence-electron chi connectivity index (χ1n) is 3.47. The maximum Gasteiger partial charge on any atom is 0.347 e. The number of hydrogen-bond donors (Lipinski definition) is 1. The van der Waals surface area contributed by atoms with Gasteiger partial charge in [-0.2, -0.15) is 0 Å². The molecule has 1 aliphatic rings. The van der Waals surface area contributed by atoms with Crippen LogP contribution in [0.1, 0.15) is 12.8 Å². The molecule has 0 bridgehead atoms. The molecule has 1 saturated carbocycles. The van der Waals surface area contributed by atoms with Crippen molar-refractivity contribution < 1.29 is 23.5 Å². The molecule has 0 saturated heterocycles. The first kappa shape index (κ1) is 9.71. The molecule has 0 atom stereocenters. The van der Waals surface area contributed by atoms with Gasteiger partial charge >= 0.3 is 13.6 Å². The summed E-state index contributed by atoms with van der Waals surface area (Å²) in [6, 6.07) is 0. The Kier molecular flexibility index (Phi) is 2.29. The van der Waals surface area contributed by atoms with Crippen molar-refractivity contribution in [2.45, 2.75) is 18.0 Å². The molecule has 0 spiro atoms. The highest BCUT2D eigenvalue weighted by Crippen LogP contribution is 2.70. The Morgan fingerprint density at radius 1 is 1.42 bits per heavy atom. The lowest BCUT2D eigenvalue weighted by molar-refractivity contribution is -0.137. The minimum Gasteiger partial charge on any atom is -0.480 e. The van der Waals surface area contributed by atoms with Crippen molar-refractivity contribution in [2.75, 3.05) is 14.2 Å². The van der Waals surface area contributed by atoms with Crippen molar-refractivity contribution >= 4 is 13.6 Å². The molecule has 0 aromatic rings. The highest BCUT2D eigenvalue weighted by Gasteiger charge is 2.65. The first-order chi connectivity index (χ1) is 5.52. The molecule has 1 aliphatic carbocycles. The molecule has 6 heteroatoms. The smallest absolute Gasteiger partial charge is 0.347 e. The Labute approximate surface area is 70.2 Å². The normalized spacial score (nSPS) is 20.5. The molecule has 0 radical (unpaired) electrons. The largest absolute Gasteiger partial charge is 0.480 e. The third-order valence-corrected chi connectivity index (χ3v) is 4.78. The predicted octanol–water partition coefficient (Wildman–Crippen LogP) is 1.09. The summed E-state index contributed by atoms with van der Waals surface area (Å²) in [5.41, 5.74) is 0. The van der Waals surface area contributed by atoms with E-state index < -0.39 is 18.7 Å². The number of aliphatic carboxylic acids is 1. The van der Waals surface area contributed by atoms with Crippen LogP contribution in [-0.2, 0) is 18.4 Å². The fourth-order valence-electron chi connectivity index (χ4n) is 1.15. The van der Waals surface area contributed by atoms with Gasteiger partial charge in [0.2, 0.25) is 0 Å². The minimum absolute atomic E-state index is 0.362. The quantitative estimate of drug-likeness (QED) is 0.678. The summed E-state index contributed by atoms with van der Waals surface area (Å²) < 4.78 is 20.9. The average molecular weight is 194 g/mol. The second-order valence-corrected chi connectivity index (χ2v) is 5.28. The van der Waals surface area contributed by atoms with E-state index in [-0.39, 0.29) is 0 Å². The summed E-state index contributed by atoms with van der Waals surface area (Å²) in [6.45, 7) is 0. The summed E-state index contributed by atoms with van der Waals surface area (Å²) in [5, 5.41) is 7.50. The first-order valence-corrected chi connectivity index (χ1v) is 5.02. The van der Waals surface area contributed by atoms with Crippen LogP contribution in [0.25, 0.3) is 0 Å². The molecule has 0 amide bonds. The maximum atomic E-state index is 11.7. The number of carboxylic acid groups (broad SMARTS) is 1. The Morgan fingerprint density at radius 3 is 1.92 bits per heavy atom. The standard InChI is InChI=1S/C6H11O5P/c1-10-12(9,11-2)6(3-4-6)5(7)8/h3-4H2,1-2H3,(H,7,8). The van der Waals surface area contributed by atoms with Gasteiger partial charge in [-0.15, -0.1) is 0 Å². The minimum atomic E-state index is -3.43. The Hall–Kier alpha value is -0.380. The lowest BCUT2D eigenvalue weighted by Crippen LogP contribution is -2.23. The Morgan fingerprint density at radius 2 is 1.83 bits per heavy atom. The van der Waals surface area contributed by atoms with Crippen LogP contribution in [0.4, 0.5) is 0 Å². The van der Waals surface area contributed by atoms with Crippen LogP contribution in [0.3, 0.4) is 0 Å². The zero-order chi connectivity index (χ0) is 9.41. The Bertz CT molecular complexity index is 236. The molecule has 70 valence electrons. The molecular weight excluding hydrogens is 183 g/mol. The molecule has 1 fully saturated rings. The van der Waals surface area contributed by atoms with Crippen molar-refractivity contribution in [3.8, 4) is 0 Å². The van der Waals surface area contributed by atoms with Crippen LogP contribution in [0.2, 0.25) is 0 Å². The van der Waals surface area contributed by atoms with Crippen molar-refractivity contribution in [1.82, 2.24) is 0 Å². The predicted molar refractivity (Wildman–Crippen MR) is 41.2 cm³/mol. The molecule has 0 aromatic carbocycles. The van der Waals surface area contributed by atoms with Gasteiger partial charge in [0.1, 0.15) is 0 Å². The molecule has 1 N–H and O–H groups in total. The third kappa shape index (κ3) is 1.09. The summed E-state index contributed by atoms with van der Waals surface area (Å²) in [6.07, 6.45) is 0.725. The van der Waals surface area contributed by atoms with Gasteiger partial charge < -0.3 is 14.2 Å².